The molecule has 1 N–H and O–H groups in total. The number of hydrogen-bond donors (Lipinski definition) is 1. The van der Waals surface area contributed by atoms with Crippen LogP contribution >= 0.6 is 23.1 Å². The van der Waals surface area contributed by atoms with Crippen LogP contribution in [0.15, 0.2) is 16.5 Å². The Labute approximate surface area is 157 Å². The summed E-state index contributed by atoms with van der Waals surface area (Å²) >= 11 is 3.04. The van der Waals surface area contributed by atoms with E-state index in [9.17, 15) is 4.79 Å². The Morgan fingerprint density at radius 3 is 2.64 bits per heavy atom. The number of thioether (sulfide) groups is 1. The van der Waals surface area contributed by atoms with Crippen LogP contribution in [0.5, 0.6) is 5.75 Å². The van der Waals surface area contributed by atoms with Crippen molar-refractivity contribution in [2.75, 3.05) is 11.1 Å². The van der Waals surface area contributed by atoms with E-state index in [4.69, 9.17) is 4.74 Å². The Morgan fingerprint density at radius 2 is 1.96 bits per heavy atom. The van der Waals surface area contributed by atoms with Crippen LogP contribution in [0.1, 0.15) is 37.5 Å². The number of nitrogens with one attached hydrogen (secondary N) is 1. The van der Waals surface area contributed by atoms with Gasteiger partial charge in [-0.1, -0.05) is 43.0 Å². The molecule has 136 valence electrons. The van der Waals surface area contributed by atoms with Crippen LogP contribution in [-0.4, -0.2) is 28.0 Å². The van der Waals surface area contributed by atoms with Gasteiger partial charge in [0.15, 0.2) is 10.4 Å². The van der Waals surface area contributed by atoms with Crippen molar-refractivity contribution in [1.29, 1.82) is 0 Å². The molecule has 0 aliphatic rings. The van der Waals surface area contributed by atoms with Gasteiger partial charge in [0, 0.05) is 5.75 Å². The number of benzene rings is 1. The highest BCUT2D eigenvalue weighted by atomic mass is 32.2. The van der Waals surface area contributed by atoms with E-state index in [1.165, 1.54) is 11.3 Å². The van der Waals surface area contributed by atoms with Gasteiger partial charge in [-0.2, -0.15) is 0 Å². The monoisotopic (exact) mass is 379 g/mol. The molecule has 1 aromatic heterocycles. The lowest BCUT2D eigenvalue weighted by Gasteiger charge is -2.17. The lowest BCUT2D eigenvalue weighted by atomic mass is 10.1. The van der Waals surface area contributed by atoms with Crippen LogP contribution in [0.25, 0.3) is 0 Å². The first-order valence-electron chi connectivity index (χ1n) is 8.28. The van der Waals surface area contributed by atoms with Gasteiger partial charge in [-0.05, 0) is 56.4 Å². The van der Waals surface area contributed by atoms with Gasteiger partial charge in [0.05, 0.1) is 0 Å². The highest BCUT2D eigenvalue weighted by molar-refractivity contribution is 8.01. The molecule has 0 aliphatic heterocycles. The minimum absolute atomic E-state index is 0.227. The van der Waals surface area contributed by atoms with Crippen molar-refractivity contribution in [3.63, 3.8) is 0 Å². The first kappa shape index (κ1) is 19.7. The molecule has 0 bridgehead atoms. The molecule has 5 nitrogen and oxygen atoms in total. The van der Waals surface area contributed by atoms with Gasteiger partial charge < -0.3 is 4.74 Å². The minimum Gasteiger partial charge on any atom is -0.481 e. The van der Waals surface area contributed by atoms with E-state index < -0.39 is 6.10 Å². The van der Waals surface area contributed by atoms with Crippen LogP contribution in [-0.2, 0) is 4.79 Å². The number of aromatic nitrogens is 2. The zero-order chi connectivity index (χ0) is 18.6. The Balaban J connectivity index is 1.97. The highest BCUT2D eigenvalue weighted by Crippen LogP contribution is 2.28. The second-order valence-electron chi connectivity index (χ2n) is 6.53. The van der Waals surface area contributed by atoms with Gasteiger partial charge in [0.25, 0.3) is 5.91 Å². The van der Waals surface area contributed by atoms with Crippen molar-refractivity contribution in [2.45, 2.75) is 52.0 Å². The van der Waals surface area contributed by atoms with E-state index in [-0.39, 0.29) is 5.91 Å². The lowest BCUT2D eigenvalue weighted by molar-refractivity contribution is -0.122. The molecule has 1 heterocycles. The molecule has 0 aliphatic carbocycles. The number of ether oxygens (including phenoxy) is 1. The summed E-state index contributed by atoms with van der Waals surface area (Å²) < 4.78 is 6.73. The third-order valence-corrected chi connectivity index (χ3v) is 6.01. The lowest BCUT2D eigenvalue weighted by Crippen LogP contribution is -2.30. The van der Waals surface area contributed by atoms with E-state index in [0.29, 0.717) is 11.0 Å². The zero-order valence-electron chi connectivity index (χ0n) is 15.5. The zero-order valence-corrected chi connectivity index (χ0v) is 17.2. The Hall–Kier alpha value is -1.60. The van der Waals surface area contributed by atoms with Crippen molar-refractivity contribution in [3.05, 3.63) is 28.8 Å². The molecule has 1 atom stereocenters. The SMILES string of the molecule is Cc1cc(C)c(C)c(O[C@@H](C)C(=O)Nc2nnc(SCC(C)C)s2)c1. The predicted molar refractivity (Wildman–Crippen MR) is 105 cm³/mol. The van der Waals surface area contributed by atoms with Crippen LogP contribution < -0.4 is 10.1 Å². The number of anilines is 1. The molecule has 1 aromatic carbocycles. The Kier molecular flexibility index (Phi) is 6.84. The van der Waals surface area contributed by atoms with Gasteiger partial charge in [0.2, 0.25) is 5.13 Å². The Bertz CT molecular complexity index is 744. The number of nitrogens with zero attached hydrogens (tertiary/aromatic N) is 2. The number of carbonyl (C=O) groups is 1. The molecule has 0 saturated heterocycles. The summed E-state index contributed by atoms with van der Waals surface area (Å²) in [6.07, 6.45) is -0.615. The first-order valence-corrected chi connectivity index (χ1v) is 10.1. The normalized spacial score (nSPS) is 12.3. The highest BCUT2D eigenvalue weighted by Gasteiger charge is 2.18. The van der Waals surface area contributed by atoms with Crippen molar-refractivity contribution in [1.82, 2.24) is 10.2 Å². The van der Waals surface area contributed by atoms with Gasteiger partial charge in [-0.3, -0.25) is 10.1 Å². The standard InChI is InChI=1S/C18H25N3O2S2/c1-10(2)9-24-18-21-20-17(25-18)19-16(22)14(6)23-15-8-11(3)7-12(4)13(15)5/h7-8,10,14H,9H2,1-6H3,(H,19,20,22)/t14-/m0/s1. The van der Waals surface area contributed by atoms with E-state index in [0.717, 1.165) is 32.5 Å². The van der Waals surface area contributed by atoms with Crippen molar-refractivity contribution >= 4 is 34.1 Å². The molecule has 1 amide bonds. The molecule has 7 heteroatoms. The number of rotatable bonds is 7. The maximum Gasteiger partial charge on any atom is 0.266 e. The molecule has 0 unspecified atom stereocenters. The fourth-order valence-corrected chi connectivity index (χ4v) is 3.86. The van der Waals surface area contributed by atoms with E-state index >= 15 is 0 Å². The molecular formula is C18H25N3O2S2. The summed E-state index contributed by atoms with van der Waals surface area (Å²) in [7, 11) is 0. The quantitative estimate of drug-likeness (QED) is 0.562. The van der Waals surface area contributed by atoms with Crippen LogP contribution in [0, 0.1) is 26.7 Å². The number of carbonyl (C=O) groups excluding carboxylic acids is 1. The first-order chi connectivity index (χ1) is 11.8. The van der Waals surface area contributed by atoms with Crippen molar-refractivity contribution < 1.29 is 9.53 Å². The van der Waals surface area contributed by atoms with Crippen LogP contribution in [0.4, 0.5) is 5.13 Å². The molecule has 0 radical (unpaired) electrons. The van der Waals surface area contributed by atoms with E-state index in [2.05, 4.69) is 35.4 Å². The fourth-order valence-electron chi connectivity index (χ4n) is 2.13. The van der Waals surface area contributed by atoms with E-state index in [1.807, 2.05) is 26.8 Å². The summed E-state index contributed by atoms with van der Waals surface area (Å²) in [5, 5.41) is 11.4. The summed E-state index contributed by atoms with van der Waals surface area (Å²) in [6, 6.07) is 4.06. The van der Waals surface area contributed by atoms with Crippen LogP contribution in [0.3, 0.4) is 0 Å². The molecule has 2 aromatic rings. The summed E-state index contributed by atoms with van der Waals surface area (Å²) in [4.78, 5) is 12.4. The second-order valence-corrected chi connectivity index (χ2v) is 8.78. The molecule has 25 heavy (non-hydrogen) atoms. The number of hydrogen-bond acceptors (Lipinski definition) is 6. The molecule has 0 fully saturated rings. The van der Waals surface area contributed by atoms with Crippen LogP contribution in [0.2, 0.25) is 0 Å². The average Bonchev–Trinajstić information content (AvgIpc) is 2.97. The molecular weight excluding hydrogens is 354 g/mol. The smallest absolute Gasteiger partial charge is 0.266 e. The van der Waals surface area contributed by atoms with Crippen molar-refractivity contribution in [3.8, 4) is 5.75 Å². The van der Waals surface area contributed by atoms with Gasteiger partial charge in [-0.15, -0.1) is 10.2 Å². The molecule has 0 spiro atoms. The Morgan fingerprint density at radius 1 is 1.24 bits per heavy atom. The van der Waals surface area contributed by atoms with Gasteiger partial charge in [-0.25, -0.2) is 0 Å². The minimum atomic E-state index is -0.615. The average molecular weight is 380 g/mol. The summed E-state index contributed by atoms with van der Waals surface area (Å²) in [6.45, 7) is 12.1. The van der Waals surface area contributed by atoms with E-state index in [1.54, 1.807) is 18.7 Å². The predicted octanol–water partition coefficient (Wildman–Crippen LogP) is 4.62. The van der Waals surface area contributed by atoms with Crippen molar-refractivity contribution in [2.24, 2.45) is 5.92 Å². The summed E-state index contributed by atoms with van der Waals surface area (Å²) in [5.74, 6) is 2.08. The maximum atomic E-state index is 12.4. The topological polar surface area (TPSA) is 64.1 Å². The van der Waals surface area contributed by atoms with Gasteiger partial charge in [0.1, 0.15) is 5.75 Å². The third kappa shape index (κ3) is 5.71. The largest absolute Gasteiger partial charge is 0.481 e. The summed E-state index contributed by atoms with van der Waals surface area (Å²) in [5.41, 5.74) is 3.31. The number of aryl methyl sites for hydroxylation is 2. The molecule has 0 saturated carbocycles. The maximum absolute atomic E-state index is 12.4. The van der Waals surface area contributed by atoms with Gasteiger partial charge >= 0.3 is 0 Å². The third-order valence-electron chi connectivity index (χ3n) is 3.61. The second kappa shape index (κ2) is 8.67. The molecule has 2 rings (SSSR count). The fraction of sp³-hybridized carbons (Fsp3) is 0.500. The number of amides is 1.